The maximum absolute atomic E-state index is 12.9. The Labute approximate surface area is 184 Å². The Morgan fingerprint density at radius 2 is 1.87 bits per heavy atom. The van der Waals surface area contributed by atoms with Crippen molar-refractivity contribution in [2.45, 2.75) is 17.7 Å². The first-order valence-corrected chi connectivity index (χ1v) is 12.2. The highest BCUT2D eigenvalue weighted by atomic mass is 35.5. The van der Waals surface area contributed by atoms with Crippen LogP contribution in [0.1, 0.15) is 12.8 Å². The van der Waals surface area contributed by atoms with Crippen LogP contribution in [0.15, 0.2) is 65.0 Å². The predicted octanol–water partition coefficient (Wildman–Crippen LogP) is 4.50. The normalized spacial score (nSPS) is 17.6. The van der Waals surface area contributed by atoms with Crippen LogP contribution >= 0.6 is 22.9 Å². The lowest BCUT2D eigenvalue weighted by Crippen LogP contribution is -2.43. The molecule has 1 N–H and O–H groups in total. The third-order valence-corrected chi connectivity index (χ3v) is 7.99. The third kappa shape index (κ3) is 4.57. The van der Waals surface area contributed by atoms with Crippen molar-refractivity contribution in [2.24, 2.45) is 5.92 Å². The van der Waals surface area contributed by atoms with Crippen LogP contribution in [0.3, 0.4) is 0 Å². The number of anilines is 1. The summed E-state index contributed by atoms with van der Waals surface area (Å²) in [6, 6.07) is 13.6. The van der Waals surface area contributed by atoms with Crippen molar-refractivity contribution >= 4 is 44.6 Å². The maximum atomic E-state index is 12.9. The average molecular weight is 462 g/mol. The van der Waals surface area contributed by atoms with E-state index in [2.05, 4.69) is 10.3 Å². The van der Waals surface area contributed by atoms with Gasteiger partial charge in [-0.15, -0.1) is 11.3 Å². The van der Waals surface area contributed by atoms with E-state index in [4.69, 9.17) is 11.6 Å². The minimum absolute atomic E-state index is 0.161. The van der Waals surface area contributed by atoms with Gasteiger partial charge in [-0.05, 0) is 61.4 Å². The molecule has 30 heavy (non-hydrogen) atoms. The Bertz CT molecular complexity index is 1120. The zero-order chi connectivity index (χ0) is 21.1. The van der Waals surface area contributed by atoms with E-state index in [0.717, 1.165) is 10.6 Å². The van der Waals surface area contributed by atoms with Gasteiger partial charge in [-0.2, -0.15) is 4.31 Å². The summed E-state index contributed by atoms with van der Waals surface area (Å²) in [4.78, 5) is 17.2. The largest absolute Gasteiger partial charge is 0.326 e. The molecule has 1 aromatic heterocycles. The molecule has 4 rings (SSSR count). The van der Waals surface area contributed by atoms with Crippen molar-refractivity contribution in [3.63, 3.8) is 0 Å². The maximum Gasteiger partial charge on any atom is 0.243 e. The van der Waals surface area contributed by atoms with Crippen molar-refractivity contribution in [3.05, 3.63) is 65.1 Å². The second-order valence-corrected chi connectivity index (χ2v) is 10.3. The zero-order valence-electron chi connectivity index (χ0n) is 16.0. The highest BCUT2D eigenvalue weighted by Crippen LogP contribution is 2.27. The second kappa shape index (κ2) is 8.85. The van der Waals surface area contributed by atoms with E-state index in [-0.39, 0.29) is 17.3 Å². The average Bonchev–Trinajstić information content (AvgIpc) is 3.30. The summed E-state index contributed by atoms with van der Waals surface area (Å²) < 4.78 is 27.2. The molecule has 156 valence electrons. The van der Waals surface area contributed by atoms with Crippen molar-refractivity contribution in [2.75, 3.05) is 18.4 Å². The van der Waals surface area contributed by atoms with Gasteiger partial charge in [-0.25, -0.2) is 13.4 Å². The molecule has 0 aliphatic carbocycles. The second-order valence-electron chi connectivity index (χ2n) is 7.06. The summed E-state index contributed by atoms with van der Waals surface area (Å²) in [5, 5.41) is 6.22. The third-order valence-electron chi connectivity index (χ3n) is 5.04. The Kier molecular flexibility index (Phi) is 6.19. The molecule has 9 heteroatoms. The van der Waals surface area contributed by atoms with E-state index in [1.165, 1.54) is 16.4 Å². The fourth-order valence-electron chi connectivity index (χ4n) is 3.44. The number of hydrogen-bond acceptors (Lipinski definition) is 5. The van der Waals surface area contributed by atoms with Crippen molar-refractivity contribution in [1.29, 1.82) is 0 Å². The van der Waals surface area contributed by atoms with E-state index in [0.29, 0.717) is 30.1 Å². The number of thiazole rings is 1. The van der Waals surface area contributed by atoms with E-state index < -0.39 is 15.9 Å². The highest BCUT2D eigenvalue weighted by molar-refractivity contribution is 7.89. The predicted molar refractivity (Wildman–Crippen MR) is 119 cm³/mol. The first kappa shape index (κ1) is 21.0. The van der Waals surface area contributed by atoms with Gasteiger partial charge in [0.1, 0.15) is 5.01 Å². The van der Waals surface area contributed by atoms with Crippen LogP contribution in [-0.2, 0) is 14.8 Å². The van der Waals surface area contributed by atoms with Crippen molar-refractivity contribution in [3.8, 4) is 10.6 Å². The first-order valence-electron chi connectivity index (χ1n) is 9.50. The Balaban J connectivity index is 1.42. The molecule has 1 fully saturated rings. The number of aromatic nitrogens is 1. The molecule has 3 aromatic rings. The SMILES string of the molecule is O=C(Nc1ccc(-c2nccs2)cc1)C1CCCN(S(=O)(=O)c2ccc(Cl)cc2)C1. The number of rotatable bonds is 5. The van der Waals surface area contributed by atoms with Gasteiger partial charge in [0.15, 0.2) is 0 Å². The molecule has 1 unspecified atom stereocenters. The number of carbonyl (C=O) groups excluding carboxylic acids is 1. The number of piperidine rings is 1. The van der Waals surface area contributed by atoms with Gasteiger partial charge in [0.05, 0.1) is 10.8 Å². The van der Waals surface area contributed by atoms with Crippen LogP contribution < -0.4 is 5.32 Å². The molecular formula is C21H20ClN3O3S2. The lowest BCUT2D eigenvalue weighted by atomic mass is 9.98. The molecule has 1 atom stereocenters. The number of carbonyl (C=O) groups is 1. The van der Waals surface area contributed by atoms with E-state index in [1.807, 2.05) is 29.6 Å². The number of benzene rings is 2. The molecular weight excluding hydrogens is 442 g/mol. The van der Waals surface area contributed by atoms with Gasteiger partial charge in [0.25, 0.3) is 0 Å². The first-order chi connectivity index (χ1) is 14.4. The van der Waals surface area contributed by atoms with Crippen LogP contribution in [-0.4, -0.2) is 36.7 Å². The standard InChI is InChI=1S/C21H20ClN3O3S2/c22-17-5-9-19(10-6-17)30(27,28)25-12-1-2-16(14-25)20(26)24-18-7-3-15(4-8-18)21-23-11-13-29-21/h3-11,13,16H,1-2,12,14H2,(H,24,26). The van der Waals surface area contributed by atoms with Gasteiger partial charge in [-0.3, -0.25) is 4.79 Å². The molecule has 1 aliphatic rings. The molecule has 0 bridgehead atoms. The Hall–Kier alpha value is -2.26. The van der Waals surface area contributed by atoms with Gasteiger partial charge in [-0.1, -0.05) is 11.6 Å². The summed E-state index contributed by atoms with van der Waals surface area (Å²) in [6.07, 6.45) is 3.03. The summed E-state index contributed by atoms with van der Waals surface area (Å²) in [5.74, 6) is -0.576. The van der Waals surface area contributed by atoms with Crippen LogP contribution in [0.4, 0.5) is 5.69 Å². The zero-order valence-corrected chi connectivity index (χ0v) is 18.4. The minimum atomic E-state index is -3.66. The quantitative estimate of drug-likeness (QED) is 0.606. The topological polar surface area (TPSA) is 79.4 Å². The van der Waals surface area contributed by atoms with Crippen LogP contribution in [0, 0.1) is 5.92 Å². The molecule has 0 spiro atoms. The van der Waals surface area contributed by atoms with Gasteiger partial charge in [0.2, 0.25) is 15.9 Å². The molecule has 2 aromatic carbocycles. The number of hydrogen-bond donors (Lipinski definition) is 1. The fraction of sp³-hybridized carbons (Fsp3) is 0.238. The summed E-state index contributed by atoms with van der Waals surface area (Å²) >= 11 is 7.42. The van der Waals surface area contributed by atoms with Crippen LogP contribution in [0.5, 0.6) is 0 Å². The molecule has 0 saturated carbocycles. The molecule has 0 radical (unpaired) electrons. The minimum Gasteiger partial charge on any atom is -0.326 e. The molecule has 1 saturated heterocycles. The van der Waals surface area contributed by atoms with Crippen LogP contribution in [0.2, 0.25) is 5.02 Å². The van der Waals surface area contributed by atoms with E-state index in [9.17, 15) is 13.2 Å². The summed E-state index contributed by atoms with van der Waals surface area (Å²) in [6.45, 7) is 0.561. The molecule has 1 aliphatic heterocycles. The number of sulfonamides is 1. The Morgan fingerprint density at radius 1 is 1.13 bits per heavy atom. The lowest BCUT2D eigenvalue weighted by molar-refractivity contribution is -0.120. The van der Waals surface area contributed by atoms with Crippen molar-refractivity contribution in [1.82, 2.24) is 9.29 Å². The highest BCUT2D eigenvalue weighted by Gasteiger charge is 2.33. The summed E-state index contributed by atoms with van der Waals surface area (Å²) in [7, 11) is -3.66. The molecule has 1 amide bonds. The smallest absolute Gasteiger partial charge is 0.243 e. The van der Waals surface area contributed by atoms with E-state index >= 15 is 0 Å². The molecule has 2 heterocycles. The summed E-state index contributed by atoms with van der Waals surface area (Å²) in [5.41, 5.74) is 1.67. The van der Waals surface area contributed by atoms with Gasteiger partial charge >= 0.3 is 0 Å². The monoisotopic (exact) mass is 461 g/mol. The van der Waals surface area contributed by atoms with E-state index in [1.54, 1.807) is 29.7 Å². The lowest BCUT2D eigenvalue weighted by Gasteiger charge is -2.31. The molecule has 6 nitrogen and oxygen atoms in total. The number of nitrogens with zero attached hydrogens (tertiary/aromatic N) is 2. The van der Waals surface area contributed by atoms with Gasteiger partial charge in [0, 0.05) is 40.9 Å². The Morgan fingerprint density at radius 3 is 2.53 bits per heavy atom. The number of halogens is 1. The van der Waals surface area contributed by atoms with Crippen LogP contribution in [0.25, 0.3) is 10.6 Å². The van der Waals surface area contributed by atoms with Gasteiger partial charge < -0.3 is 5.32 Å². The fourth-order valence-corrected chi connectivity index (χ4v) is 5.73. The number of amides is 1. The van der Waals surface area contributed by atoms with Crippen molar-refractivity contribution < 1.29 is 13.2 Å². The number of nitrogens with one attached hydrogen (secondary N) is 1.